The van der Waals surface area contributed by atoms with Crippen LogP contribution >= 0.6 is 0 Å². The van der Waals surface area contributed by atoms with Crippen molar-refractivity contribution in [3.8, 4) is 11.1 Å². The zero-order valence-electron chi connectivity index (χ0n) is 19.5. The number of hydrogen-bond donors (Lipinski definition) is 2. The molecule has 0 saturated carbocycles. The van der Waals surface area contributed by atoms with E-state index in [4.69, 9.17) is 14.6 Å². The number of carbonyl (C=O) groups excluding carboxylic acids is 2. The minimum atomic E-state index is -0.907. The Labute approximate surface area is 204 Å². The number of carboxylic acids is 1. The Morgan fingerprint density at radius 3 is 2.40 bits per heavy atom. The van der Waals surface area contributed by atoms with E-state index in [1.165, 1.54) is 11.1 Å². The Bertz CT molecular complexity index is 1070. The first-order valence-corrected chi connectivity index (χ1v) is 12.3. The van der Waals surface area contributed by atoms with Crippen molar-refractivity contribution in [2.75, 3.05) is 26.3 Å². The third-order valence-corrected chi connectivity index (χ3v) is 7.38. The summed E-state index contributed by atoms with van der Waals surface area (Å²) in [7, 11) is 0. The number of fused-ring (bicyclic) bond motifs is 3. The number of aliphatic carboxylic acids is 1. The highest BCUT2D eigenvalue weighted by atomic mass is 16.5. The van der Waals surface area contributed by atoms with Gasteiger partial charge >= 0.3 is 12.1 Å². The maximum absolute atomic E-state index is 13.1. The van der Waals surface area contributed by atoms with E-state index in [1.54, 1.807) is 4.90 Å². The number of alkyl carbamates (subject to hydrolysis) is 1. The van der Waals surface area contributed by atoms with Gasteiger partial charge in [-0.25, -0.2) is 4.79 Å². The summed E-state index contributed by atoms with van der Waals surface area (Å²) in [6, 6.07) is 16.1. The largest absolute Gasteiger partial charge is 0.481 e. The fraction of sp³-hybridized carbons (Fsp3) is 0.444. The van der Waals surface area contributed by atoms with Crippen molar-refractivity contribution in [2.45, 2.75) is 43.7 Å². The number of hydrogen-bond acceptors (Lipinski definition) is 5. The average Bonchev–Trinajstić information content (AvgIpc) is 3.58. The molecule has 0 bridgehead atoms. The summed E-state index contributed by atoms with van der Waals surface area (Å²) in [5, 5.41) is 12.0. The number of likely N-dealkylation sites (tertiary alicyclic amines) is 1. The van der Waals surface area contributed by atoms with Gasteiger partial charge < -0.3 is 24.8 Å². The Morgan fingerprint density at radius 1 is 1.03 bits per heavy atom. The van der Waals surface area contributed by atoms with Gasteiger partial charge in [0.15, 0.2) is 0 Å². The number of carboxylic acid groups (broad SMARTS) is 1. The molecule has 2 heterocycles. The predicted octanol–water partition coefficient (Wildman–Crippen LogP) is 3.40. The van der Waals surface area contributed by atoms with Crippen molar-refractivity contribution in [3.05, 3.63) is 59.7 Å². The highest BCUT2D eigenvalue weighted by molar-refractivity contribution is 5.83. The molecule has 0 spiro atoms. The summed E-state index contributed by atoms with van der Waals surface area (Å²) in [4.78, 5) is 38.4. The van der Waals surface area contributed by atoms with Crippen LogP contribution in [-0.2, 0) is 19.1 Å². The molecule has 0 radical (unpaired) electrons. The number of ether oxygens (including phenoxy) is 2. The molecule has 2 aromatic rings. The molecule has 2 saturated heterocycles. The van der Waals surface area contributed by atoms with Crippen LogP contribution in [0.1, 0.15) is 42.7 Å². The SMILES string of the molecule is O=C(O)C[C@H]1CCCN1C(=O)[C@@H]1OCC[C@@H]1CNC(=O)OCC1c2ccccc2-c2ccccc21. The third-order valence-electron chi connectivity index (χ3n) is 7.38. The van der Waals surface area contributed by atoms with E-state index < -0.39 is 18.2 Å². The number of nitrogens with zero attached hydrogens (tertiary/aromatic N) is 1. The maximum Gasteiger partial charge on any atom is 0.407 e. The summed E-state index contributed by atoms with van der Waals surface area (Å²) in [5.41, 5.74) is 4.64. The van der Waals surface area contributed by atoms with Crippen LogP contribution in [-0.4, -0.2) is 66.4 Å². The minimum Gasteiger partial charge on any atom is -0.481 e. The van der Waals surface area contributed by atoms with Crippen molar-refractivity contribution in [3.63, 3.8) is 0 Å². The zero-order valence-corrected chi connectivity index (χ0v) is 19.5. The molecule has 2 aliphatic heterocycles. The Hall–Kier alpha value is -3.39. The molecule has 2 amide bonds. The fourth-order valence-corrected chi connectivity index (χ4v) is 5.68. The fourth-order valence-electron chi connectivity index (χ4n) is 5.68. The van der Waals surface area contributed by atoms with Crippen LogP contribution in [0.4, 0.5) is 4.79 Å². The standard InChI is InChI=1S/C27H30N2O6/c30-24(31)14-18-6-5-12-29(18)26(32)25-17(11-13-34-25)15-28-27(33)35-16-23-21-9-3-1-7-19(21)20-8-2-4-10-22(20)23/h1-4,7-10,17-18,23,25H,5-6,11-16H2,(H,28,33)(H,30,31)/t17-,18-,25-/m1/s1. The first kappa shape index (κ1) is 23.4. The van der Waals surface area contributed by atoms with Gasteiger partial charge in [-0.1, -0.05) is 48.5 Å². The molecule has 184 valence electrons. The normalized spacial score (nSPS) is 23.1. The van der Waals surface area contributed by atoms with Gasteiger partial charge in [0.1, 0.15) is 12.7 Å². The van der Waals surface area contributed by atoms with Crippen molar-refractivity contribution >= 4 is 18.0 Å². The van der Waals surface area contributed by atoms with E-state index >= 15 is 0 Å². The van der Waals surface area contributed by atoms with Gasteiger partial charge in [0, 0.05) is 37.6 Å². The Kier molecular flexibility index (Phi) is 6.72. The first-order valence-electron chi connectivity index (χ1n) is 12.3. The highest BCUT2D eigenvalue weighted by Crippen LogP contribution is 2.44. The van der Waals surface area contributed by atoms with E-state index in [0.717, 1.165) is 17.5 Å². The molecular formula is C27H30N2O6. The lowest BCUT2D eigenvalue weighted by molar-refractivity contribution is -0.145. The zero-order chi connectivity index (χ0) is 24.4. The average molecular weight is 479 g/mol. The molecule has 0 aromatic heterocycles. The summed E-state index contributed by atoms with van der Waals surface area (Å²) < 4.78 is 11.3. The van der Waals surface area contributed by atoms with Gasteiger partial charge in [0.2, 0.25) is 0 Å². The molecule has 8 nitrogen and oxygen atoms in total. The lowest BCUT2D eigenvalue weighted by atomic mass is 9.98. The smallest absolute Gasteiger partial charge is 0.407 e. The quantitative estimate of drug-likeness (QED) is 0.632. The number of rotatable bonds is 7. The molecule has 2 N–H and O–H groups in total. The molecule has 3 atom stereocenters. The van der Waals surface area contributed by atoms with Crippen LogP contribution in [0.25, 0.3) is 11.1 Å². The molecule has 3 aliphatic rings. The number of amides is 2. The van der Waals surface area contributed by atoms with Gasteiger partial charge in [0.25, 0.3) is 5.91 Å². The second-order valence-electron chi connectivity index (χ2n) is 9.47. The number of benzene rings is 2. The Morgan fingerprint density at radius 2 is 1.71 bits per heavy atom. The molecular weight excluding hydrogens is 448 g/mol. The van der Waals surface area contributed by atoms with Crippen LogP contribution in [0.5, 0.6) is 0 Å². The van der Waals surface area contributed by atoms with Gasteiger partial charge in [0.05, 0.1) is 6.42 Å². The lowest BCUT2D eigenvalue weighted by Gasteiger charge is -2.28. The second kappa shape index (κ2) is 10.1. The van der Waals surface area contributed by atoms with Crippen molar-refractivity contribution in [1.29, 1.82) is 0 Å². The molecule has 2 aromatic carbocycles. The van der Waals surface area contributed by atoms with E-state index in [-0.39, 0.29) is 43.4 Å². The van der Waals surface area contributed by atoms with Crippen LogP contribution in [0.3, 0.4) is 0 Å². The van der Waals surface area contributed by atoms with E-state index in [1.807, 2.05) is 24.3 Å². The lowest BCUT2D eigenvalue weighted by Crippen LogP contribution is -2.46. The topological polar surface area (TPSA) is 105 Å². The molecule has 0 unspecified atom stereocenters. The third kappa shape index (κ3) is 4.75. The molecule has 2 fully saturated rings. The monoisotopic (exact) mass is 478 g/mol. The Balaban J connectivity index is 1.16. The molecule has 1 aliphatic carbocycles. The summed E-state index contributed by atoms with van der Waals surface area (Å²) in [6.07, 6.45) is 0.888. The molecule has 5 rings (SSSR count). The van der Waals surface area contributed by atoms with E-state index in [0.29, 0.717) is 26.0 Å². The molecule has 35 heavy (non-hydrogen) atoms. The number of nitrogens with one attached hydrogen (secondary N) is 1. The second-order valence-corrected chi connectivity index (χ2v) is 9.47. The van der Waals surface area contributed by atoms with Gasteiger partial charge in [-0.2, -0.15) is 0 Å². The van der Waals surface area contributed by atoms with Crippen molar-refractivity contribution in [2.24, 2.45) is 5.92 Å². The van der Waals surface area contributed by atoms with Crippen molar-refractivity contribution in [1.82, 2.24) is 10.2 Å². The van der Waals surface area contributed by atoms with Crippen LogP contribution in [0.2, 0.25) is 0 Å². The maximum atomic E-state index is 13.1. The summed E-state index contributed by atoms with van der Waals surface area (Å²) in [6.45, 7) is 1.48. The highest BCUT2D eigenvalue weighted by Gasteiger charge is 2.41. The van der Waals surface area contributed by atoms with Gasteiger partial charge in [-0.3, -0.25) is 9.59 Å². The van der Waals surface area contributed by atoms with E-state index in [9.17, 15) is 14.4 Å². The van der Waals surface area contributed by atoms with E-state index in [2.05, 4.69) is 29.6 Å². The first-order chi connectivity index (χ1) is 17.0. The number of carbonyl (C=O) groups is 3. The summed E-state index contributed by atoms with van der Waals surface area (Å²) >= 11 is 0. The van der Waals surface area contributed by atoms with Gasteiger partial charge in [-0.05, 0) is 41.5 Å². The van der Waals surface area contributed by atoms with Crippen molar-refractivity contribution < 1.29 is 29.0 Å². The summed E-state index contributed by atoms with van der Waals surface area (Å²) in [5.74, 6) is -1.27. The minimum absolute atomic E-state index is 0.0152. The van der Waals surface area contributed by atoms with Crippen LogP contribution in [0, 0.1) is 5.92 Å². The van der Waals surface area contributed by atoms with Crippen LogP contribution in [0.15, 0.2) is 48.5 Å². The predicted molar refractivity (Wildman–Crippen MR) is 128 cm³/mol. The molecule has 8 heteroatoms. The van der Waals surface area contributed by atoms with Crippen LogP contribution < -0.4 is 5.32 Å². The van der Waals surface area contributed by atoms with Gasteiger partial charge in [-0.15, -0.1) is 0 Å².